The first-order valence-corrected chi connectivity index (χ1v) is 5.58. The number of nitrogens with zero attached hydrogens (tertiary/aromatic N) is 2. The van der Waals surface area contributed by atoms with E-state index in [1.807, 2.05) is 13.8 Å². The molecule has 0 saturated carbocycles. The molecule has 0 aliphatic heterocycles. The van der Waals surface area contributed by atoms with Gasteiger partial charge in [-0.15, -0.1) is 0 Å². The third kappa shape index (κ3) is 4.38. The van der Waals surface area contributed by atoms with Crippen molar-refractivity contribution in [3.8, 4) is 0 Å². The maximum Gasteiger partial charge on any atom is 0.389 e. The topological polar surface area (TPSA) is 38.0 Å². The van der Waals surface area contributed by atoms with Crippen LogP contribution in [-0.4, -0.2) is 20.8 Å². The number of imidazole rings is 1. The Hall–Kier alpha value is -1.04. The second kappa shape index (κ2) is 5.53. The molecule has 0 radical (unpaired) electrons. The first-order valence-electron chi connectivity index (χ1n) is 5.58. The Morgan fingerprint density at radius 3 is 2.59 bits per heavy atom. The lowest BCUT2D eigenvalue weighted by atomic mass is 10.1. The maximum atomic E-state index is 12.0. The SMILES string of the molecule is CC(C)n1cncc1C(O)CCCC(F)(F)F. The van der Waals surface area contributed by atoms with Crippen LogP contribution in [0.4, 0.5) is 13.2 Å². The quantitative estimate of drug-likeness (QED) is 0.871. The summed E-state index contributed by atoms with van der Waals surface area (Å²) in [4.78, 5) is 3.90. The average molecular weight is 250 g/mol. The van der Waals surface area contributed by atoms with Crippen LogP contribution >= 0.6 is 0 Å². The fraction of sp³-hybridized carbons (Fsp3) is 0.727. The summed E-state index contributed by atoms with van der Waals surface area (Å²) >= 11 is 0. The molecule has 0 aromatic carbocycles. The molecule has 1 heterocycles. The van der Waals surface area contributed by atoms with Crippen LogP contribution < -0.4 is 0 Å². The van der Waals surface area contributed by atoms with Crippen molar-refractivity contribution < 1.29 is 18.3 Å². The van der Waals surface area contributed by atoms with Gasteiger partial charge >= 0.3 is 6.18 Å². The van der Waals surface area contributed by atoms with Gasteiger partial charge in [-0.3, -0.25) is 0 Å². The molecule has 1 aromatic heterocycles. The summed E-state index contributed by atoms with van der Waals surface area (Å²) in [6.45, 7) is 3.85. The fourth-order valence-corrected chi connectivity index (χ4v) is 1.65. The second-order valence-electron chi connectivity index (χ2n) is 4.34. The van der Waals surface area contributed by atoms with Crippen molar-refractivity contribution in [1.29, 1.82) is 0 Å². The number of halogens is 3. The predicted molar refractivity (Wildman–Crippen MR) is 57.5 cm³/mol. The molecule has 0 fully saturated rings. The van der Waals surface area contributed by atoms with Crippen LogP contribution in [0.15, 0.2) is 12.5 Å². The molecule has 98 valence electrons. The minimum atomic E-state index is -4.15. The third-order valence-electron chi connectivity index (χ3n) is 2.53. The molecule has 1 unspecified atom stereocenters. The number of alkyl halides is 3. The van der Waals surface area contributed by atoms with E-state index in [1.54, 1.807) is 10.9 Å². The zero-order valence-electron chi connectivity index (χ0n) is 9.91. The van der Waals surface area contributed by atoms with Crippen molar-refractivity contribution in [2.24, 2.45) is 0 Å². The van der Waals surface area contributed by atoms with Crippen LogP contribution in [0.25, 0.3) is 0 Å². The summed E-state index contributed by atoms with van der Waals surface area (Å²) in [6, 6.07) is 0.129. The molecule has 0 aliphatic carbocycles. The highest BCUT2D eigenvalue weighted by Crippen LogP contribution is 2.26. The first-order chi connectivity index (χ1) is 7.81. The zero-order valence-corrected chi connectivity index (χ0v) is 9.91. The van der Waals surface area contributed by atoms with Crippen molar-refractivity contribution in [1.82, 2.24) is 9.55 Å². The Kier molecular flexibility index (Phi) is 4.56. The highest BCUT2D eigenvalue weighted by atomic mass is 19.4. The fourth-order valence-electron chi connectivity index (χ4n) is 1.65. The lowest BCUT2D eigenvalue weighted by Gasteiger charge is -2.16. The third-order valence-corrected chi connectivity index (χ3v) is 2.53. The molecule has 3 nitrogen and oxygen atoms in total. The smallest absolute Gasteiger partial charge is 0.387 e. The molecule has 1 N–H and O–H groups in total. The Morgan fingerprint density at radius 1 is 1.41 bits per heavy atom. The summed E-state index contributed by atoms with van der Waals surface area (Å²) in [5, 5.41) is 9.81. The summed E-state index contributed by atoms with van der Waals surface area (Å²) in [5.74, 6) is 0. The number of rotatable bonds is 5. The Bertz CT molecular complexity index is 347. The number of aliphatic hydroxyl groups excluding tert-OH is 1. The monoisotopic (exact) mass is 250 g/mol. The molecule has 1 atom stereocenters. The second-order valence-corrected chi connectivity index (χ2v) is 4.34. The maximum absolute atomic E-state index is 12.0. The number of aliphatic hydroxyl groups is 1. The average Bonchev–Trinajstić information content (AvgIpc) is 2.63. The lowest BCUT2D eigenvalue weighted by Crippen LogP contribution is -2.11. The Labute approximate surface area is 98.3 Å². The standard InChI is InChI=1S/C11H17F3N2O/c1-8(2)16-7-15-6-9(16)10(17)4-3-5-11(12,13)14/h6-8,10,17H,3-5H2,1-2H3. The van der Waals surface area contributed by atoms with Crippen LogP contribution in [0, 0.1) is 0 Å². The number of aromatic nitrogens is 2. The minimum Gasteiger partial charge on any atom is -0.387 e. The van der Waals surface area contributed by atoms with Gasteiger partial charge in [0.15, 0.2) is 0 Å². The van der Waals surface area contributed by atoms with Crippen molar-refractivity contribution in [2.75, 3.05) is 0 Å². The van der Waals surface area contributed by atoms with Gasteiger partial charge in [0.2, 0.25) is 0 Å². The molecular weight excluding hydrogens is 233 g/mol. The summed E-state index contributed by atoms with van der Waals surface area (Å²) in [5.41, 5.74) is 0.571. The number of hydrogen-bond donors (Lipinski definition) is 1. The van der Waals surface area contributed by atoms with E-state index in [0.29, 0.717) is 5.69 Å². The van der Waals surface area contributed by atoms with Gasteiger partial charge in [0.05, 0.1) is 24.3 Å². The molecule has 1 rings (SSSR count). The lowest BCUT2D eigenvalue weighted by molar-refractivity contribution is -0.136. The normalized spacial score (nSPS) is 14.3. The van der Waals surface area contributed by atoms with E-state index >= 15 is 0 Å². The predicted octanol–water partition coefficient (Wildman–Crippen LogP) is 3.23. The van der Waals surface area contributed by atoms with Gasteiger partial charge in [0.1, 0.15) is 0 Å². The van der Waals surface area contributed by atoms with Gasteiger partial charge in [-0.2, -0.15) is 13.2 Å². The highest BCUT2D eigenvalue weighted by Gasteiger charge is 2.27. The van der Waals surface area contributed by atoms with Gasteiger partial charge in [-0.05, 0) is 26.7 Å². The Balaban J connectivity index is 2.52. The number of hydrogen-bond acceptors (Lipinski definition) is 2. The van der Waals surface area contributed by atoms with Crippen LogP contribution in [0.5, 0.6) is 0 Å². The largest absolute Gasteiger partial charge is 0.389 e. The molecule has 0 spiro atoms. The van der Waals surface area contributed by atoms with E-state index in [2.05, 4.69) is 4.98 Å². The van der Waals surface area contributed by atoms with E-state index in [9.17, 15) is 18.3 Å². The zero-order chi connectivity index (χ0) is 13.1. The molecule has 0 amide bonds. The molecule has 0 bridgehead atoms. The van der Waals surface area contributed by atoms with Crippen molar-refractivity contribution in [3.05, 3.63) is 18.2 Å². The van der Waals surface area contributed by atoms with E-state index in [1.165, 1.54) is 6.20 Å². The Morgan fingerprint density at radius 2 is 2.06 bits per heavy atom. The van der Waals surface area contributed by atoms with E-state index in [4.69, 9.17) is 0 Å². The van der Waals surface area contributed by atoms with Gasteiger partial charge in [0, 0.05) is 12.5 Å². The van der Waals surface area contributed by atoms with Crippen LogP contribution in [0.1, 0.15) is 50.9 Å². The first kappa shape index (κ1) is 14.0. The molecule has 1 aromatic rings. The highest BCUT2D eigenvalue weighted by molar-refractivity contribution is 5.03. The van der Waals surface area contributed by atoms with Crippen LogP contribution in [0.2, 0.25) is 0 Å². The van der Waals surface area contributed by atoms with Crippen LogP contribution in [-0.2, 0) is 0 Å². The van der Waals surface area contributed by atoms with Gasteiger partial charge in [-0.1, -0.05) is 0 Å². The van der Waals surface area contributed by atoms with E-state index in [-0.39, 0.29) is 18.9 Å². The molecule has 6 heteroatoms. The summed E-state index contributed by atoms with van der Waals surface area (Å²) in [7, 11) is 0. The van der Waals surface area contributed by atoms with E-state index < -0.39 is 18.7 Å². The van der Waals surface area contributed by atoms with Crippen molar-refractivity contribution in [2.45, 2.75) is 51.4 Å². The molecule has 17 heavy (non-hydrogen) atoms. The molecule has 0 saturated heterocycles. The van der Waals surface area contributed by atoms with Gasteiger partial charge in [-0.25, -0.2) is 4.98 Å². The molecule has 0 aliphatic rings. The van der Waals surface area contributed by atoms with Gasteiger partial charge < -0.3 is 9.67 Å². The summed E-state index contributed by atoms with van der Waals surface area (Å²) < 4.78 is 37.6. The van der Waals surface area contributed by atoms with Gasteiger partial charge in [0.25, 0.3) is 0 Å². The van der Waals surface area contributed by atoms with Crippen molar-refractivity contribution in [3.63, 3.8) is 0 Å². The van der Waals surface area contributed by atoms with Crippen molar-refractivity contribution >= 4 is 0 Å². The minimum absolute atomic E-state index is 0.0755. The summed E-state index contributed by atoms with van der Waals surface area (Å²) in [6.07, 6.45) is -2.81. The molecular formula is C11H17F3N2O. The van der Waals surface area contributed by atoms with Crippen LogP contribution in [0.3, 0.4) is 0 Å². The van der Waals surface area contributed by atoms with E-state index in [0.717, 1.165) is 0 Å².